The molecule has 2 aromatic rings. The molecule has 0 aliphatic rings. The van der Waals surface area contributed by atoms with E-state index in [-0.39, 0.29) is 16.5 Å². The summed E-state index contributed by atoms with van der Waals surface area (Å²) in [7, 11) is -2.52. The molecule has 6 nitrogen and oxygen atoms in total. The van der Waals surface area contributed by atoms with Crippen molar-refractivity contribution in [2.24, 2.45) is 0 Å². The van der Waals surface area contributed by atoms with Gasteiger partial charge < -0.3 is 10.1 Å². The van der Waals surface area contributed by atoms with Gasteiger partial charge in [0, 0.05) is 16.6 Å². The van der Waals surface area contributed by atoms with Gasteiger partial charge in [0.05, 0.1) is 23.1 Å². The Bertz CT molecular complexity index is 951. The van der Waals surface area contributed by atoms with Crippen LogP contribution in [0.5, 0.6) is 5.75 Å². The molecule has 1 amide bonds. The molecule has 146 valence electrons. The first-order chi connectivity index (χ1) is 12.6. The second-order valence-electron chi connectivity index (χ2n) is 5.59. The van der Waals surface area contributed by atoms with Gasteiger partial charge in [-0.25, -0.2) is 8.42 Å². The highest BCUT2D eigenvalue weighted by Gasteiger charge is 2.23. The van der Waals surface area contributed by atoms with Crippen molar-refractivity contribution in [3.8, 4) is 5.75 Å². The van der Waals surface area contributed by atoms with Crippen molar-refractivity contribution < 1.29 is 17.9 Å². The molecule has 0 unspecified atom stereocenters. The van der Waals surface area contributed by atoms with Crippen molar-refractivity contribution in [2.75, 3.05) is 7.11 Å². The number of rotatable bonds is 7. The Hall–Kier alpha value is -1.51. The predicted octanol–water partition coefficient (Wildman–Crippen LogP) is 3.64. The number of benzene rings is 2. The Balaban J connectivity index is 2.03. The van der Waals surface area contributed by atoms with E-state index in [0.29, 0.717) is 21.4 Å². The van der Waals surface area contributed by atoms with Crippen molar-refractivity contribution in [2.45, 2.75) is 24.4 Å². The third kappa shape index (κ3) is 5.73. The van der Waals surface area contributed by atoms with Crippen LogP contribution in [-0.4, -0.2) is 27.5 Å². The second-order valence-corrected chi connectivity index (χ2v) is 8.56. The van der Waals surface area contributed by atoms with Crippen LogP contribution in [0.25, 0.3) is 0 Å². The molecule has 0 aliphatic carbocycles. The van der Waals surface area contributed by atoms with Crippen LogP contribution in [0.3, 0.4) is 0 Å². The maximum absolute atomic E-state index is 12.4. The maximum atomic E-state index is 12.4. The quantitative estimate of drug-likeness (QED) is 0.673. The van der Waals surface area contributed by atoms with E-state index in [1.54, 1.807) is 18.2 Å². The summed E-state index contributed by atoms with van der Waals surface area (Å²) in [4.78, 5) is 12.1. The molecule has 0 saturated carbocycles. The number of nitrogens with one attached hydrogen (secondary N) is 2. The van der Waals surface area contributed by atoms with E-state index in [9.17, 15) is 13.2 Å². The number of hydrogen-bond acceptors (Lipinski definition) is 4. The molecule has 2 N–H and O–H groups in total. The number of carbonyl (C=O) groups is 1. The van der Waals surface area contributed by atoms with E-state index in [2.05, 4.69) is 10.0 Å². The van der Waals surface area contributed by atoms with Crippen molar-refractivity contribution in [1.82, 2.24) is 10.0 Å². The molecular weight excluding hydrogens is 435 g/mol. The first-order valence-electron chi connectivity index (χ1n) is 7.71. The zero-order chi connectivity index (χ0) is 20.2. The van der Waals surface area contributed by atoms with Gasteiger partial charge in [0.25, 0.3) is 0 Å². The smallest absolute Gasteiger partial charge is 0.241 e. The fourth-order valence-corrected chi connectivity index (χ4v) is 4.20. The van der Waals surface area contributed by atoms with E-state index >= 15 is 0 Å². The summed E-state index contributed by atoms with van der Waals surface area (Å²) in [5, 5.41) is 3.66. The summed E-state index contributed by atoms with van der Waals surface area (Å²) in [6.07, 6.45) is 0. The van der Waals surface area contributed by atoms with Crippen LogP contribution < -0.4 is 14.8 Å². The number of amides is 1. The molecule has 0 aliphatic heterocycles. The van der Waals surface area contributed by atoms with E-state index in [1.165, 1.54) is 32.2 Å². The minimum absolute atomic E-state index is 0.0753. The summed E-state index contributed by atoms with van der Waals surface area (Å²) in [5.41, 5.74) is 0.659. The molecule has 2 rings (SSSR count). The lowest BCUT2D eigenvalue weighted by atomic mass is 10.2. The normalized spacial score (nSPS) is 12.5. The van der Waals surface area contributed by atoms with Crippen LogP contribution >= 0.6 is 34.8 Å². The molecule has 0 radical (unpaired) electrons. The number of ether oxygens (including phenoxy) is 1. The van der Waals surface area contributed by atoms with Crippen molar-refractivity contribution >= 4 is 50.7 Å². The van der Waals surface area contributed by atoms with Gasteiger partial charge in [-0.2, -0.15) is 4.72 Å². The van der Waals surface area contributed by atoms with Gasteiger partial charge in [-0.3, -0.25) is 4.79 Å². The van der Waals surface area contributed by atoms with Crippen molar-refractivity contribution in [1.29, 1.82) is 0 Å². The average molecular weight is 452 g/mol. The highest BCUT2D eigenvalue weighted by Crippen LogP contribution is 2.27. The van der Waals surface area contributed by atoms with Gasteiger partial charge >= 0.3 is 0 Å². The summed E-state index contributed by atoms with van der Waals surface area (Å²) in [6, 6.07) is 7.90. The molecule has 2 aromatic carbocycles. The van der Waals surface area contributed by atoms with Gasteiger partial charge in [0.15, 0.2) is 0 Å². The topological polar surface area (TPSA) is 84.5 Å². The highest BCUT2D eigenvalue weighted by molar-refractivity contribution is 7.89. The van der Waals surface area contributed by atoms with Crippen LogP contribution in [0.1, 0.15) is 12.5 Å². The Kier molecular flexibility index (Phi) is 7.36. The van der Waals surface area contributed by atoms with Gasteiger partial charge in [0.1, 0.15) is 5.75 Å². The highest BCUT2D eigenvalue weighted by atomic mass is 35.5. The lowest BCUT2D eigenvalue weighted by Crippen LogP contribution is -2.44. The van der Waals surface area contributed by atoms with Crippen LogP contribution in [0.15, 0.2) is 41.3 Å². The first-order valence-corrected chi connectivity index (χ1v) is 10.3. The monoisotopic (exact) mass is 450 g/mol. The minimum atomic E-state index is -3.94. The molecule has 0 fully saturated rings. The van der Waals surface area contributed by atoms with Crippen LogP contribution in [0, 0.1) is 0 Å². The third-order valence-corrected chi connectivity index (χ3v) is 6.05. The van der Waals surface area contributed by atoms with Crippen LogP contribution in [0.2, 0.25) is 15.1 Å². The van der Waals surface area contributed by atoms with Gasteiger partial charge in [-0.1, -0.05) is 40.9 Å². The molecule has 0 saturated heterocycles. The van der Waals surface area contributed by atoms with E-state index in [1.807, 2.05) is 0 Å². The third-order valence-electron chi connectivity index (χ3n) is 3.63. The zero-order valence-corrected chi connectivity index (χ0v) is 17.5. The molecular formula is C17H17Cl3N2O4S. The van der Waals surface area contributed by atoms with E-state index < -0.39 is 22.0 Å². The standard InChI is InChI=1S/C17H17Cl3N2O4S/c1-10(17(23)21-9-11-3-4-12(18)7-14(11)19)22-27(24,25)13-5-6-16(26-2)15(20)8-13/h3-8,10,22H,9H2,1-2H3,(H,21,23)/t10-/m1/s1. The SMILES string of the molecule is COc1ccc(S(=O)(=O)N[C@H](C)C(=O)NCc2ccc(Cl)cc2Cl)cc1Cl. The Morgan fingerprint density at radius 1 is 1.11 bits per heavy atom. The van der Waals surface area contributed by atoms with Gasteiger partial charge in [0.2, 0.25) is 15.9 Å². The molecule has 0 bridgehead atoms. The fourth-order valence-electron chi connectivity index (χ4n) is 2.17. The fraction of sp³-hybridized carbons (Fsp3) is 0.235. The number of methoxy groups -OCH3 is 1. The van der Waals surface area contributed by atoms with E-state index in [4.69, 9.17) is 39.5 Å². The largest absolute Gasteiger partial charge is 0.495 e. The average Bonchev–Trinajstić information content (AvgIpc) is 2.60. The lowest BCUT2D eigenvalue weighted by molar-refractivity contribution is -0.122. The lowest BCUT2D eigenvalue weighted by Gasteiger charge is -2.15. The molecule has 0 spiro atoms. The summed E-state index contributed by atoms with van der Waals surface area (Å²) < 4.78 is 32.2. The predicted molar refractivity (Wildman–Crippen MR) is 106 cm³/mol. The number of sulfonamides is 1. The van der Waals surface area contributed by atoms with E-state index in [0.717, 1.165) is 0 Å². The molecule has 1 atom stereocenters. The van der Waals surface area contributed by atoms with Gasteiger partial charge in [-0.05, 0) is 42.8 Å². The Labute approximate surface area is 172 Å². The molecule has 0 aromatic heterocycles. The Morgan fingerprint density at radius 3 is 2.41 bits per heavy atom. The summed E-state index contributed by atoms with van der Waals surface area (Å²) in [5.74, 6) is -0.162. The molecule has 27 heavy (non-hydrogen) atoms. The van der Waals surface area contributed by atoms with Crippen molar-refractivity contribution in [3.05, 3.63) is 57.0 Å². The Morgan fingerprint density at radius 2 is 1.81 bits per heavy atom. The number of hydrogen-bond donors (Lipinski definition) is 2. The first kappa shape index (κ1) is 21.8. The van der Waals surface area contributed by atoms with Crippen LogP contribution in [-0.2, 0) is 21.4 Å². The summed E-state index contributed by atoms with van der Waals surface area (Å²) >= 11 is 17.8. The molecule has 0 heterocycles. The number of halogens is 3. The number of carbonyl (C=O) groups excluding carboxylic acids is 1. The van der Waals surface area contributed by atoms with Crippen LogP contribution in [0.4, 0.5) is 0 Å². The molecule has 10 heteroatoms. The van der Waals surface area contributed by atoms with Gasteiger partial charge in [-0.15, -0.1) is 0 Å². The maximum Gasteiger partial charge on any atom is 0.241 e. The van der Waals surface area contributed by atoms with Crippen molar-refractivity contribution in [3.63, 3.8) is 0 Å². The minimum Gasteiger partial charge on any atom is -0.495 e. The summed E-state index contributed by atoms with van der Waals surface area (Å²) in [6.45, 7) is 1.57. The second kappa shape index (κ2) is 9.12. The zero-order valence-electron chi connectivity index (χ0n) is 14.4.